The molecule has 1 aliphatic carbocycles. The summed E-state index contributed by atoms with van der Waals surface area (Å²) in [5, 5.41) is 6.47. The fourth-order valence-corrected chi connectivity index (χ4v) is 5.87. The molecule has 3 aromatic rings. The Bertz CT molecular complexity index is 1560. The third kappa shape index (κ3) is 6.23. The van der Waals surface area contributed by atoms with Crippen molar-refractivity contribution in [2.24, 2.45) is 0 Å². The zero-order chi connectivity index (χ0) is 30.5. The van der Waals surface area contributed by atoms with Crippen molar-refractivity contribution in [1.29, 1.82) is 0 Å². The van der Waals surface area contributed by atoms with Crippen molar-refractivity contribution in [1.82, 2.24) is 5.32 Å². The van der Waals surface area contributed by atoms with Crippen LogP contribution >= 0.6 is 0 Å². The van der Waals surface area contributed by atoms with Crippen LogP contribution in [0.1, 0.15) is 56.1 Å². The summed E-state index contributed by atoms with van der Waals surface area (Å²) in [6.07, 6.45) is 1.84. The van der Waals surface area contributed by atoms with Gasteiger partial charge in [0.05, 0.1) is 27.9 Å². The Kier molecular flexibility index (Phi) is 9.04. The summed E-state index contributed by atoms with van der Waals surface area (Å²) in [6.45, 7) is 4.57. The zero-order valence-electron chi connectivity index (χ0n) is 25.3. The topological polar surface area (TPSA) is 95.1 Å². The predicted molar refractivity (Wildman–Crippen MR) is 166 cm³/mol. The minimum Gasteiger partial charge on any atom is -0.497 e. The quantitative estimate of drug-likeness (QED) is 0.282. The number of dihydropyridines is 1. The van der Waals surface area contributed by atoms with Crippen molar-refractivity contribution in [3.05, 3.63) is 100 Å². The summed E-state index contributed by atoms with van der Waals surface area (Å²) in [4.78, 5) is 27.9. The highest BCUT2D eigenvalue weighted by Crippen LogP contribution is 2.46. The molecular weight excluding hydrogens is 544 g/mol. The first-order chi connectivity index (χ1) is 20.9. The van der Waals surface area contributed by atoms with Gasteiger partial charge in [-0.2, -0.15) is 0 Å². The van der Waals surface area contributed by atoms with Crippen LogP contribution in [0.15, 0.2) is 89.3 Å². The molecule has 43 heavy (non-hydrogen) atoms. The second-order valence-corrected chi connectivity index (χ2v) is 10.7. The van der Waals surface area contributed by atoms with Crippen molar-refractivity contribution < 1.29 is 28.5 Å². The standard InChI is InChI=1S/C35H38N2O6/c1-6-17-43-27-12-7-22(8-13-27)33-32(35(39)37-25-10-14-26(40-3)15-11-25)21(2)36-28-18-24(19-29(38)34(28)33)23-9-16-30(41-4)31(20-23)42-5/h7-16,20,24,33,36H,6,17-19H2,1-5H3,(H,37,39)/t24-,33-/m0/s1. The largest absolute Gasteiger partial charge is 0.497 e. The molecule has 5 rings (SSSR count). The van der Waals surface area contributed by atoms with Crippen LogP contribution in [0.25, 0.3) is 0 Å². The molecule has 2 aliphatic rings. The Hall–Kier alpha value is -4.72. The summed E-state index contributed by atoms with van der Waals surface area (Å²) in [5.74, 6) is 1.87. The van der Waals surface area contributed by atoms with E-state index in [4.69, 9.17) is 18.9 Å². The Morgan fingerprint density at radius 2 is 1.53 bits per heavy atom. The average Bonchev–Trinajstić information content (AvgIpc) is 3.03. The minimum absolute atomic E-state index is 0.00657. The Balaban J connectivity index is 1.52. The van der Waals surface area contributed by atoms with Crippen molar-refractivity contribution in [2.45, 2.75) is 44.9 Å². The number of hydrogen-bond donors (Lipinski definition) is 2. The second kappa shape index (κ2) is 13.1. The lowest BCUT2D eigenvalue weighted by molar-refractivity contribution is -0.116. The van der Waals surface area contributed by atoms with Crippen molar-refractivity contribution in [3.63, 3.8) is 0 Å². The van der Waals surface area contributed by atoms with E-state index < -0.39 is 5.92 Å². The zero-order valence-corrected chi connectivity index (χ0v) is 25.3. The molecular formula is C35H38N2O6. The van der Waals surface area contributed by atoms with E-state index in [0.29, 0.717) is 59.2 Å². The third-order valence-corrected chi connectivity index (χ3v) is 7.99. The van der Waals surface area contributed by atoms with Gasteiger partial charge in [0.2, 0.25) is 0 Å². The van der Waals surface area contributed by atoms with E-state index in [1.807, 2.05) is 49.4 Å². The van der Waals surface area contributed by atoms with Gasteiger partial charge in [0, 0.05) is 40.6 Å². The molecule has 0 spiro atoms. The van der Waals surface area contributed by atoms with Gasteiger partial charge in [0.1, 0.15) is 11.5 Å². The highest BCUT2D eigenvalue weighted by molar-refractivity contribution is 6.10. The molecule has 224 valence electrons. The van der Waals surface area contributed by atoms with Gasteiger partial charge in [-0.25, -0.2) is 0 Å². The molecule has 3 aromatic carbocycles. The van der Waals surface area contributed by atoms with Gasteiger partial charge in [-0.05, 0) is 85.3 Å². The van der Waals surface area contributed by atoms with E-state index in [9.17, 15) is 9.59 Å². The first-order valence-corrected chi connectivity index (χ1v) is 14.5. The highest BCUT2D eigenvalue weighted by Gasteiger charge is 2.41. The van der Waals surface area contributed by atoms with Gasteiger partial charge in [-0.3, -0.25) is 9.59 Å². The molecule has 0 saturated carbocycles. The molecule has 0 unspecified atom stereocenters. The molecule has 1 heterocycles. The lowest BCUT2D eigenvalue weighted by Gasteiger charge is -2.37. The van der Waals surface area contributed by atoms with Gasteiger partial charge < -0.3 is 29.6 Å². The van der Waals surface area contributed by atoms with Crippen molar-refractivity contribution in [2.75, 3.05) is 33.3 Å². The maximum Gasteiger partial charge on any atom is 0.254 e. The van der Waals surface area contributed by atoms with Crippen LogP contribution in [0, 0.1) is 0 Å². The van der Waals surface area contributed by atoms with E-state index in [-0.39, 0.29) is 17.6 Å². The number of anilines is 1. The molecule has 0 saturated heterocycles. The SMILES string of the molecule is CCCOc1ccc([C@H]2C(C(=O)Nc3ccc(OC)cc3)=C(C)NC3=C2C(=O)C[C@@H](c2ccc(OC)c(OC)c2)C3)cc1. The van der Waals surface area contributed by atoms with Crippen LogP contribution in [-0.2, 0) is 9.59 Å². The van der Waals surface area contributed by atoms with Crippen LogP contribution in [0.4, 0.5) is 5.69 Å². The molecule has 0 aromatic heterocycles. The van der Waals surface area contributed by atoms with E-state index >= 15 is 0 Å². The van der Waals surface area contributed by atoms with E-state index in [0.717, 1.165) is 29.0 Å². The number of Topliss-reactive ketones (excluding diaryl/α,β-unsaturated/α-hetero) is 1. The van der Waals surface area contributed by atoms with Gasteiger partial charge in [-0.1, -0.05) is 25.1 Å². The number of ether oxygens (including phenoxy) is 4. The maximum absolute atomic E-state index is 14.0. The number of amides is 1. The van der Waals surface area contributed by atoms with Crippen LogP contribution < -0.4 is 29.6 Å². The number of rotatable bonds is 10. The molecule has 2 N–H and O–H groups in total. The molecule has 8 nitrogen and oxygen atoms in total. The molecule has 2 atom stereocenters. The Morgan fingerprint density at radius 3 is 2.19 bits per heavy atom. The molecule has 1 amide bonds. The third-order valence-electron chi connectivity index (χ3n) is 7.99. The van der Waals surface area contributed by atoms with Crippen LogP contribution in [0.5, 0.6) is 23.0 Å². The predicted octanol–water partition coefficient (Wildman–Crippen LogP) is 6.50. The molecule has 0 radical (unpaired) electrons. The van der Waals surface area contributed by atoms with Crippen LogP contribution in [-0.4, -0.2) is 39.6 Å². The molecule has 0 fully saturated rings. The number of methoxy groups -OCH3 is 3. The molecule has 8 heteroatoms. The fraction of sp³-hybridized carbons (Fsp3) is 0.314. The summed E-state index contributed by atoms with van der Waals surface area (Å²) < 4.78 is 22.0. The number of hydrogen-bond acceptors (Lipinski definition) is 7. The fourth-order valence-electron chi connectivity index (χ4n) is 5.87. The first-order valence-electron chi connectivity index (χ1n) is 14.5. The second-order valence-electron chi connectivity index (χ2n) is 10.7. The minimum atomic E-state index is -0.534. The van der Waals surface area contributed by atoms with Gasteiger partial charge in [-0.15, -0.1) is 0 Å². The first kappa shape index (κ1) is 29.8. The summed E-state index contributed by atoms with van der Waals surface area (Å²) >= 11 is 0. The van der Waals surface area contributed by atoms with Gasteiger partial charge in [0.15, 0.2) is 17.3 Å². The van der Waals surface area contributed by atoms with Crippen molar-refractivity contribution >= 4 is 17.4 Å². The average molecular weight is 583 g/mol. The summed E-state index contributed by atoms with van der Waals surface area (Å²) in [6, 6.07) is 20.7. The smallest absolute Gasteiger partial charge is 0.254 e. The molecule has 1 aliphatic heterocycles. The Labute approximate surface area is 252 Å². The highest BCUT2D eigenvalue weighted by atomic mass is 16.5. The van der Waals surface area contributed by atoms with E-state index in [1.165, 1.54) is 0 Å². The van der Waals surface area contributed by atoms with Crippen molar-refractivity contribution in [3.8, 4) is 23.0 Å². The van der Waals surface area contributed by atoms with E-state index in [2.05, 4.69) is 17.6 Å². The molecule has 0 bridgehead atoms. The number of carbonyl (C=O) groups excluding carboxylic acids is 2. The number of nitrogens with one attached hydrogen (secondary N) is 2. The van der Waals surface area contributed by atoms with Crippen LogP contribution in [0.3, 0.4) is 0 Å². The number of benzene rings is 3. The number of ketones is 1. The summed E-state index contributed by atoms with van der Waals surface area (Å²) in [5.41, 5.74) is 5.18. The van der Waals surface area contributed by atoms with Gasteiger partial charge >= 0.3 is 0 Å². The van der Waals surface area contributed by atoms with E-state index in [1.54, 1.807) is 45.6 Å². The maximum atomic E-state index is 14.0. The number of allylic oxidation sites excluding steroid dienone is 3. The Morgan fingerprint density at radius 1 is 0.860 bits per heavy atom. The lowest BCUT2D eigenvalue weighted by atomic mass is 9.71. The number of carbonyl (C=O) groups is 2. The lowest BCUT2D eigenvalue weighted by Crippen LogP contribution is -2.37. The summed E-state index contributed by atoms with van der Waals surface area (Å²) in [7, 11) is 4.80. The van der Waals surface area contributed by atoms with Crippen LogP contribution in [0.2, 0.25) is 0 Å². The normalized spacial score (nSPS) is 18.0. The van der Waals surface area contributed by atoms with Gasteiger partial charge in [0.25, 0.3) is 5.91 Å². The monoisotopic (exact) mass is 582 g/mol.